The van der Waals surface area contributed by atoms with Gasteiger partial charge in [-0.15, -0.1) is 0 Å². The van der Waals surface area contributed by atoms with E-state index in [-0.39, 0.29) is 11.3 Å². The predicted octanol–water partition coefficient (Wildman–Crippen LogP) is 7.18. The van der Waals surface area contributed by atoms with Crippen LogP contribution in [-0.4, -0.2) is 31.3 Å². The Balaban J connectivity index is 0.00000151. The Bertz CT molecular complexity index is 1530. The summed E-state index contributed by atoms with van der Waals surface area (Å²) in [5, 5.41) is 0. The minimum Gasteiger partial charge on any atom is -0.496 e. The van der Waals surface area contributed by atoms with Crippen molar-refractivity contribution < 1.29 is 38.1 Å². The maximum absolute atomic E-state index is 12.1. The summed E-state index contributed by atoms with van der Waals surface area (Å²) in [6.07, 6.45) is 6.24. The van der Waals surface area contributed by atoms with Gasteiger partial charge in [0, 0.05) is 34.8 Å². The Morgan fingerprint density at radius 2 is 1.28 bits per heavy atom. The fraction of sp³-hybridized carbons (Fsp3) is 0.143. The van der Waals surface area contributed by atoms with Crippen LogP contribution in [0.15, 0.2) is 97.6 Å². The van der Waals surface area contributed by atoms with Gasteiger partial charge in [-0.05, 0) is 61.4 Å². The topological polar surface area (TPSA) is 105 Å². The summed E-state index contributed by atoms with van der Waals surface area (Å²) in [5.41, 5.74) is 3.36. The van der Waals surface area contributed by atoms with Gasteiger partial charge in [0.05, 0.1) is 7.11 Å². The van der Waals surface area contributed by atoms with Gasteiger partial charge in [0.25, 0.3) is 0 Å². The molecule has 3 rings (SSSR count). The summed E-state index contributed by atoms with van der Waals surface area (Å²) in [5.74, 6) is -0.0675. The molecule has 0 saturated carbocycles. The number of rotatable bonds is 11. The second-order valence-corrected chi connectivity index (χ2v) is 9.06. The van der Waals surface area contributed by atoms with Crippen LogP contribution in [0.1, 0.15) is 38.3 Å². The molecule has 43 heavy (non-hydrogen) atoms. The van der Waals surface area contributed by atoms with Crippen molar-refractivity contribution in [1.29, 1.82) is 0 Å². The molecule has 0 aliphatic heterocycles. The third-order valence-corrected chi connectivity index (χ3v) is 5.49. The van der Waals surface area contributed by atoms with Crippen molar-refractivity contribution in [2.45, 2.75) is 27.2 Å². The molecule has 0 saturated heterocycles. The molecule has 0 heterocycles. The Morgan fingerprint density at radius 1 is 0.767 bits per heavy atom. The second-order valence-electron chi connectivity index (χ2n) is 9.06. The molecule has 0 bridgehead atoms. The molecule has 0 aliphatic carbocycles. The Labute approximate surface area is 251 Å². The molecule has 0 N–H and O–H groups in total. The van der Waals surface area contributed by atoms with Gasteiger partial charge in [-0.1, -0.05) is 63.1 Å². The van der Waals surface area contributed by atoms with Crippen molar-refractivity contribution in [3.63, 3.8) is 0 Å². The van der Waals surface area contributed by atoms with Crippen molar-refractivity contribution in [3.05, 3.63) is 109 Å². The van der Waals surface area contributed by atoms with E-state index in [1.54, 1.807) is 74.5 Å². The monoisotopic (exact) mass is 582 g/mol. The average Bonchev–Trinajstić information content (AvgIpc) is 3.01. The fourth-order valence-corrected chi connectivity index (χ4v) is 3.27. The van der Waals surface area contributed by atoms with Crippen LogP contribution >= 0.6 is 0 Å². The van der Waals surface area contributed by atoms with Crippen molar-refractivity contribution in [2.75, 3.05) is 7.11 Å². The highest BCUT2D eigenvalue weighted by Gasteiger charge is 2.15. The molecule has 8 nitrogen and oxygen atoms in total. The van der Waals surface area contributed by atoms with Crippen LogP contribution in [0.2, 0.25) is 0 Å². The van der Waals surface area contributed by atoms with Crippen LogP contribution in [0.4, 0.5) is 0 Å². The van der Waals surface area contributed by atoms with E-state index >= 15 is 0 Å². The molecule has 222 valence electrons. The van der Waals surface area contributed by atoms with Gasteiger partial charge in [0.1, 0.15) is 29.3 Å². The SMILES string of the molecule is C=CC(=O)Oc1cc(/C=C/c2ccc(OC(=O)C(=C)C)cc2)c(OC)cc1-c1ccc(OC(=O)C(=C)C)cc1.CCC=O. The van der Waals surface area contributed by atoms with Gasteiger partial charge in [0.2, 0.25) is 0 Å². The first-order chi connectivity index (χ1) is 20.5. The maximum Gasteiger partial charge on any atom is 0.338 e. The normalized spacial score (nSPS) is 10.0. The Morgan fingerprint density at radius 3 is 1.72 bits per heavy atom. The molecule has 0 fully saturated rings. The zero-order valence-corrected chi connectivity index (χ0v) is 24.7. The van der Waals surface area contributed by atoms with E-state index in [1.807, 2.05) is 19.1 Å². The van der Waals surface area contributed by atoms with Crippen LogP contribution in [0.5, 0.6) is 23.0 Å². The molecule has 0 aliphatic rings. The molecule has 0 spiro atoms. The minimum atomic E-state index is -0.622. The molecule has 0 atom stereocenters. The van der Waals surface area contributed by atoms with Crippen LogP contribution in [0, 0.1) is 0 Å². The molecule has 0 radical (unpaired) electrons. The van der Waals surface area contributed by atoms with Gasteiger partial charge >= 0.3 is 17.9 Å². The Hall–Kier alpha value is -5.50. The highest BCUT2D eigenvalue weighted by atomic mass is 16.5. The molecule has 0 aromatic heterocycles. The number of benzene rings is 3. The number of hydrogen-bond acceptors (Lipinski definition) is 8. The number of esters is 3. The first kappa shape index (κ1) is 33.7. The summed E-state index contributed by atoms with van der Waals surface area (Å²) in [7, 11) is 1.54. The van der Waals surface area contributed by atoms with Crippen LogP contribution in [0.25, 0.3) is 23.3 Å². The number of methoxy groups -OCH3 is 1. The van der Waals surface area contributed by atoms with Crippen LogP contribution in [0.3, 0.4) is 0 Å². The van der Waals surface area contributed by atoms with E-state index in [9.17, 15) is 19.2 Å². The quantitative estimate of drug-likeness (QED) is 0.0770. The van der Waals surface area contributed by atoms with E-state index in [0.717, 1.165) is 17.9 Å². The molecule has 8 heteroatoms. The summed E-state index contributed by atoms with van der Waals surface area (Å²) < 4.78 is 21.6. The van der Waals surface area contributed by atoms with E-state index < -0.39 is 17.9 Å². The predicted molar refractivity (Wildman–Crippen MR) is 167 cm³/mol. The zero-order chi connectivity index (χ0) is 31.9. The highest BCUT2D eigenvalue weighted by Crippen LogP contribution is 2.38. The number of aldehydes is 1. The maximum atomic E-state index is 12.1. The van der Waals surface area contributed by atoms with Crippen molar-refractivity contribution >= 4 is 36.3 Å². The van der Waals surface area contributed by atoms with Crippen molar-refractivity contribution in [1.82, 2.24) is 0 Å². The second kappa shape index (κ2) is 16.7. The van der Waals surface area contributed by atoms with Gasteiger partial charge in [-0.3, -0.25) is 0 Å². The van der Waals surface area contributed by atoms with E-state index in [2.05, 4.69) is 19.7 Å². The van der Waals surface area contributed by atoms with Gasteiger partial charge < -0.3 is 23.7 Å². The summed E-state index contributed by atoms with van der Waals surface area (Å²) in [6.45, 7) is 15.6. The lowest BCUT2D eigenvalue weighted by Gasteiger charge is -2.14. The summed E-state index contributed by atoms with van der Waals surface area (Å²) >= 11 is 0. The largest absolute Gasteiger partial charge is 0.496 e. The number of hydrogen-bond donors (Lipinski definition) is 0. The third-order valence-electron chi connectivity index (χ3n) is 5.49. The molecular formula is C35H34O8. The first-order valence-corrected chi connectivity index (χ1v) is 13.2. The number of carbonyl (C=O) groups excluding carboxylic acids is 4. The van der Waals surface area contributed by atoms with E-state index in [1.165, 1.54) is 7.11 Å². The average molecular weight is 583 g/mol. The van der Waals surface area contributed by atoms with Gasteiger partial charge in [-0.2, -0.15) is 0 Å². The van der Waals surface area contributed by atoms with Gasteiger partial charge in [-0.25, -0.2) is 14.4 Å². The molecular weight excluding hydrogens is 548 g/mol. The van der Waals surface area contributed by atoms with Crippen molar-refractivity contribution in [2.24, 2.45) is 0 Å². The third kappa shape index (κ3) is 10.4. The van der Waals surface area contributed by atoms with Crippen LogP contribution < -0.4 is 18.9 Å². The van der Waals surface area contributed by atoms with E-state index in [0.29, 0.717) is 45.9 Å². The molecule has 0 unspecified atom stereocenters. The Kier molecular flexibility index (Phi) is 13.1. The summed E-state index contributed by atoms with van der Waals surface area (Å²) in [4.78, 5) is 44.8. The van der Waals surface area contributed by atoms with E-state index in [4.69, 9.17) is 18.9 Å². The lowest BCUT2D eigenvalue weighted by Crippen LogP contribution is -2.08. The standard InChI is InChI=1S/C32H28O7.C3H6O/c1-7-30(33)39-29-18-24(11-8-22-9-14-25(15-10-22)37-31(34)20(2)3)28(36-6)19-27(29)23-12-16-26(17-13-23)38-32(35)21(4)5;1-2-3-4/h7-19H,1-2,4H2,3,5-6H3;3H,2H2,1H3/b11-8+;. The summed E-state index contributed by atoms with van der Waals surface area (Å²) in [6, 6.07) is 17.1. The lowest BCUT2D eigenvalue weighted by molar-refractivity contribution is -0.130. The molecule has 3 aromatic carbocycles. The number of carbonyl (C=O) groups is 4. The van der Waals surface area contributed by atoms with Crippen LogP contribution in [-0.2, 0) is 19.2 Å². The highest BCUT2D eigenvalue weighted by molar-refractivity contribution is 5.90. The minimum absolute atomic E-state index is 0.285. The fourth-order valence-electron chi connectivity index (χ4n) is 3.27. The first-order valence-electron chi connectivity index (χ1n) is 13.2. The van der Waals surface area contributed by atoms with Crippen molar-refractivity contribution in [3.8, 4) is 34.1 Å². The van der Waals surface area contributed by atoms with Gasteiger partial charge in [0.15, 0.2) is 0 Å². The molecule has 0 amide bonds. The lowest BCUT2D eigenvalue weighted by atomic mass is 10.0. The zero-order valence-electron chi connectivity index (χ0n) is 24.7. The molecule has 3 aromatic rings. The smallest absolute Gasteiger partial charge is 0.338 e. The number of ether oxygens (including phenoxy) is 4.